The molecule has 0 saturated heterocycles. The molecular formula is C27H26BrClN2O5. The monoisotopic (exact) mass is 572 g/mol. The van der Waals surface area contributed by atoms with Crippen LogP contribution in [0.1, 0.15) is 30.4 Å². The number of ether oxygens (including phenoxy) is 2. The minimum Gasteiger partial charge on any atom is -0.457 e. The van der Waals surface area contributed by atoms with E-state index in [2.05, 4.69) is 26.6 Å². The van der Waals surface area contributed by atoms with Crippen LogP contribution in [0.4, 0.5) is 11.4 Å². The third kappa shape index (κ3) is 8.70. The van der Waals surface area contributed by atoms with Gasteiger partial charge in [-0.1, -0.05) is 29.3 Å². The maximum atomic E-state index is 12.2. The average molecular weight is 574 g/mol. The highest BCUT2D eigenvalue weighted by Crippen LogP contribution is 2.29. The maximum Gasteiger partial charge on any atom is 0.306 e. The van der Waals surface area contributed by atoms with E-state index in [4.69, 9.17) is 21.1 Å². The summed E-state index contributed by atoms with van der Waals surface area (Å²) in [5.74, 6) is 0.130. The number of carbonyl (C=O) groups is 3. The molecule has 0 saturated carbocycles. The lowest BCUT2D eigenvalue weighted by atomic mass is 10.2. The number of aryl methyl sites for hydroxylation is 2. The van der Waals surface area contributed by atoms with E-state index in [1.54, 1.807) is 36.4 Å². The molecule has 3 aromatic carbocycles. The van der Waals surface area contributed by atoms with Crippen LogP contribution in [0, 0.1) is 13.8 Å². The van der Waals surface area contributed by atoms with Gasteiger partial charge in [-0.15, -0.1) is 0 Å². The van der Waals surface area contributed by atoms with Crippen molar-refractivity contribution < 1.29 is 23.9 Å². The number of anilines is 2. The summed E-state index contributed by atoms with van der Waals surface area (Å²) in [6, 6.07) is 18.1. The standard InChI is InChI=1S/C27H26BrClN2O5/c1-17-6-10-20(11-7-17)36-21-12-8-19(9-13-21)30-25(32)4-3-5-27(34)35-16-26(33)31-24-15-23(29)22(28)14-18(24)2/h6-15H,3-5,16H2,1-2H3,(H,30,32)(H,31,33). The second kappa shape index (κ2) is 13.1. The lowest BCUT2D eigenvalue weighted by Gasteiger charge is -2.10. The van der Waals surface area contributed by atoms with E-state index >= 15 is 0 Å². The predicted molar refractivity (Wildman–Crippen MR) is 144 cm³/mol. The van der Waals surface area contributed by atoms with Crippen LogP contribution in [-0.2, 0) is 19.1 Å². The van der Waals surface area contributed by atoms with E-state index in [-0.39, 0.29) is 18.7 Å². The third-order valence-corrected chi connectivity index (χ3v) is 6.28. The number of rotatable bonds is 10. The molecule has 3 aromatic rings. The third-order valence-electron chi connectivity index (χ3n) is 5.09. The van der Waals surface area contributed by atoms with Crippen molar-refractivity contribution in [2.45, 2.75) is 33.1 Å². The topological polar surface area (TPSA) is 93.7 Å². The highest BCUT2D eigenvalue weighted by Gasteiger charge is 2.12. The van der Waals surface area contributed by atoms with Crippen LogP contribution in [0.25, 0.3) is 0 Å². The molecule has 9 heteroatoms. The van der Waals surface area contributed by atoms with Gasteiger partial charge in [-0.3, -0.25) is 14.4 Å². The Morgan fingerprint density at radius 1 is 0.861 bits per heavy atom. The summed E-state index contributed by atoms with van der Waals surface area (Å²) in [6.45, 7) is 3.41. The highest BCUT2D eigenvalue weighted by atomic mass is 79.9. The first-order chi connectivity index (χ1) is 17.2. The molecule has 0 unspecified atom stereocenters. The van der Waals surface area contributed by atoms with Crippen molar-refractivity contribution in [3.63, 3.8) is 0 Å². The largest absolute Gasteiger partial charge is 0.457 e. The number of amides is 2. The zero-order valence-electron chi connectivity index (χ0n) is 19.9. The molecule has 0 aromatic heterocycles. The minimum absolute atomic E-state index is 0.0210. The normalized spacial score (nSPS) is 10.4. The lowest BCUT2D eigenvalue weighted by molar-refractivity contribution is -0.147. The summed E-state index contributed by atoms with van der Waals surface area (Å²) in [7, 11) is 0. The Labute approximate surface area is 223 Å². The molecule has 0 heterocycles. The smallest absolute Gasteiger partial charge is 0.306 e. The lowest BCUT2D eigenvalue weighted by Crippen LogP contribution is -2.21. The number of hydrogen-bond acceptors (Lipinski definition) is 5. The second-order valence-electron chi connectivity index (χ2n) is 8.13. The summed E-state index contributed by atoms with van der Waals surface area (Å²) in [4.78, 5) is 36.2. The number of nitrogens with one attached hydrogen (secondary N) is 2. The SMILES string of the molecule is Cc1ccc(Oc2ccc(NC(=O)CCCC(=O)OCC(=O)Nc3cc(Cl)c(Br)cc3C)cc2)cc1. The summed E-state index contributed by atoms with van der Waals surface area (Å²) < 4.78 is 11.5. The fourth-order valence-electron chi connectivity index (χ4n) is 3.15. The zero-order chi connectivity index (χ0) is 26.1. The Kier molecular flexibility index (Phi) is 9.90. The van der Waals surface area contributed by atoms with Gasteiger partial charge in [0.15, 0.2) is 6.61 Å². The first-order valence-electron chi connectivity index (χ1n) is 11.2. The maximum absolute atomic E-state index is 12.2. The van der Waals surface area contributed by atoms with E-state index in [1.807, 2.05) is 38.1 Å². The quantitative estimate of drug-likeness (QED) is 0.260. The summed E-state index contributed by atoms with van der Waals surface area (Å²) >= 11 is 9.37. The van der Waals surface area contributed by atoms with Crippen LogP contribution in [0.3, 0.4) is 0 Å². The van der Waals surface area contributed by atoms with Gasteiger partial charge in [0.05, 0.1) is 5.02 Å². The molecule has 188 valence electrons. The molecule has 0 spiro atoms. The zero-order valence-corrected chi connectivity index (χ0v) is 22.2. The van der Waals surface area contributed by atoms with Crippen molar-refractivity contribution in [2.75, 3.05) is 17.2 Å². The van der Waals surface area contributed by atoms with Crippen molar-refractivity contribution in [1.82, 2.24) is 0 Å². The van der Waals surface area contributed by atoms with Crippen molar-refractivity contribution in [3.8, 4) is 11.5 Å². The Bertz CT molecular complexity index is 1230. The van der Waals surface area contributed by atoms with Crippen molar-refractivity contribution in [1.29, 1.82) is 0 Å². The van der Waals surface area contributed by atoms with Crippen molar-refractivity contribution in [3.05, 3.63) is 81.3 Å². The molecule has 3 rings (SSSR count). The first kappa shape index (κ1) is 27.2. The van der Waals surface area contributed by atoms with Gasteiger partial charge in [-0.25, -0.2) is 0 Å². The van der Waals surface area contributed by atoms with Gasteiger partial charge in [0.25, 0.3) is 5.91 Å². The van der Waals surface area contributed by atoms with Crippen LogP contribution in [0.2, 0.25) is 5.02 Å². The molecule has 7 nitrogen and oxygen atoms in total. The van der Waals surface area contributed by atoms with Gasteiger partial charge in [-0.2, -0.15) is 0 Å². The summed E-state index contributed by atoms with van der Waals surface area (Å²) in [5, 5.41) is 5.90. The summed E-state index contributed by atoms with van der Waals surface area (Å²) in [5.41, 5.74) is 3.12. The van der Waals surface area contributed by atoms with Gasteiger partial charge >= 0.3 is 5.97 Å². The Morgan fingerprint density at radius 2 is 1.50 bits per heavy atom. The van der Waals surface area contributed by atoms with E-state index in [9.17, 15) is 14.4 Å². The molecule has 0 fully saturated rings. The molecule has 0 atom stereocenters. The molecule has 2 N–H and O–H groups in total. The van der Waals surface area contributed by atoms with E-state index < -0.39 is 18.5 Å². The predicted octanol–water partition coefficient (Wildman–Crippen LogP) is 6.80. The molecule has 0 aliphatic carbocycles. The number of benzene rings is 3. The molecule has 0 radical (unpaired) electrons. The van der Waals surface area contributed by atoms with Crippen LogP contribution in [0.5, 0.6) is 11.5 Å². The second-order valence-corrected chi connectivity index (χ2v) is 9.39. The van der Waals surface area contributed by atoms with Gasteiger partial charge < -0.3 is 20.1 Å². The van der Waals surface area contributed by atoms with E-state index in [1.165, 1.54) is 0 Å². The molecule has 0 aliphatic heterocycles. The minimum atomic E-state index is -0.555. The van der Waals surface area contributed by atoms with E-state index in [0.29, 0.717) is 28.6 Å². The molecule has 36 heavy (non-hydrogen) atoms. The summed E-state index contributed by atoms with van der Waals surface area (Å²) in [6.07, 6.45) is 0.453. The fourth-order valence-corrected chi connectivity index (χ4v) is 3.77. The van der Waals surface area contributed by atoms with Crippen LogP contribution < -0.4 is 15.4 Å². The highest BCUT2D eigenvalue weighted by molar-refractivity contribution is 9.10. The van der Waals surface area contributed by atoms with Crippen molar-refractivity contribution in [2.24, 2.45) is 0 Å². The molecule has 0 bridgehead atoms. The molecule has 0 aliphatic rings. The van der Waals surface area contributed by atoms with Gasteiger partial charge in [0.2, 0.25) is 5.91 Å². The Morgan fingerprint density at radius 3 is 2.17 bits per heavy atom. The number of halogens is 2. The Balaban J connectivity index is 1.34. The van der Waals surface area contributed by atoms with Gasteiger partial charge in [0, 0.05) is 28.7 Å². The first-order valence-corrected chi connectivity index (χ1v) is 12.4. The molecular weight excluding hydrogens is 548 g/mol. The van der Waals surface area contributed by atoms with E-state index in [0.717, 1.165) is 21.3 Å². The van der Waals surface area contributed by atoms with Crippen LogP contribution >= 0.6 is 27.5 Å². The number of esters is 1. The fraction of sp³-hybridized carbons (Fsp3) is 0.222. The average Bonchev–Trinajstić information content (AvgIpc) is 2.84. The van der Waals surface area contributed by atoms with Crippen LogP contribution in [0.15, 0.2) is 65.1 Å². The van der Waals surface area contributed by atoms with Gasteiger partial charge in [-0.05, 0) is 90.3 Å². The number of hydrogen-bond donors (Lipinski definition) is 2. The van der Waals surface area contributed by atoms with Crippen molar-refractivity contribution >= 4 is 56.7 Å². The molecule has 2 amide bonds. The Hall–Kier alpha value is -3.36. The van der Waals surface area contributed by atoms with Gasteiger partial charge in [0.1, 0.15) is 11.5 Å². The van der Waals surface area contributed by atoms with Crippen LogP contribution in [-0.4, -0.2) is 24.4 Å². The number of carbonyl (C=O) groups excluding carboxylic acids is 3.